The Kier molecular flexibility index (Phi) is 3.65. The average molecular weight is 306 g/mol. The van der Waals surface area contributed by atoms with Crippen molar-refractivity contribution in [3.05, 3.63) is 59.4 Å². The van der Waals surface area contributed by atoms with Gasteiger partial charge in [0.25, 0.3) is 10.0 Å². The van der Waals surface area contributed by atoms with Crippen LogP contribution in [0.1, 0.15) is 11.1 Å². The van der Waals surface area contributed by atoms with Crippen LogP contribution in [-0.4, -0.2) is 15.0 Å². The van der Waals surface area contributed by atoms with E-state index in [1.54, 1.807) is 6.07 Å². The maximum absolute atomic E-state index is 12.9. The molecule has 1 aliphatic heterocycles. The second-order valence-corrected chi connectivity index (χ2v) is 6.61. The highest BCUT2D eigenvalue weighted by atomic mass is 32.2. The monoisotopic (exact) mass is 306 g/mol. The van der Waals surface area contributed by atoms with Crippen molar-refractivity contribution in [3.8, 4) is 0 Å². The van der Waals surface area contributed by atoms with E-state index in [0.717, 1.165) is 36.2 Å². The maximum Gasteiger partial charge on any atom is 0.261 e. The molecule has 1 heterocycles. The molecule has 0 saturated carbocycles. The first-order valence-corrected chi connectivity index (χ1v) is 8.14. The van der Waals surface area contributed by atoms with Gasteiger partial charge in [-0.15, -0.1) is 0 Å². The summed E-state index contributed by atoms with van der Waals surface area (Å²) < 4.78 is 40.2. The largest absolute Gasteiger partial charge is 0.312 e. The Labute approximate surface area is 123 Å². The molecule has 6 heteroatoms. The van der Waals surface area contributed by atoms with E-state index in [2.05, 4.69) is 10.0 Å². The van der Waals surface area contributed by atoms with Gasteiger partial charge in [-0.2, -0.15) is 0 Å². The van der Waals surface area contributed by atoms with Crippen molar-refractivity contribution in [2.45, 2.75) is 17.9 Å². The summed E-state index contributed by atoms with van der Waals surface area (Å²) >= 11 is 0. The van der Waals surface area contributed by atoms with Gasteiger partial charge < -0.3 is 5.32 Å². The highest BCUT2D eigenvalue weighted by Crippen LogP contribution is 2.25. The summed E-state index contributed by atoms with van der Waals surface area (Å²) in [4.78, 5) is 0.0465. The zero-order valence-corrected chi connectivity index (χ0v) is 12.1. The SMILES string of the molecule is O=S(=O)(Nc1cccc2c1CNCC2)c1ccc(F)cc1. The smallest absolute Gasteiger partial charge is 0.261 e. The van der Waals surface area contributed by atoms with Crippen LogP contribution in [0.2, 0.25) is 0 Å². The predicted molar refractivity (Wildman–Crippen MR) is 79.1 cm³/mol. The topological polar surface area (TPSA) is 58.2 Å². The zero-order valence-electron chi connectivity index (χ0n) is 11.3. The number of sulfonamides is 1. The summed E-state index contributed by atoms with van der Waals surface area (Å²) in [7, 11) is -3.71. The molecule has 2 aromatic rings. The fraction of sp³-hybridized carbons (Fsp3) is 0.200. The number of hydrogen-bond acceptors (Lipinski definition) is 3. The maximum atomic E-state index is 12.9. The van der Waals surface area contributed by atoms with E-state index in [1.165, 1.54) is 12.1 Å². The van der Waals surface area contributed by atoms with Crippen LogP contribution < -0.4 is 10.0 Å². The molecule has 4 nitrogen and oxygen atoms in total. The second-order valence-electron chi connectivity index (χ2n) is 4.93. The average Bonchev–Trinajstić information content (AvgIpc) is 2.48. The highest BCUT2D eigenvalue weighted by Gasteiger charge is 2.18. The molecular weight excluding hydrogens is 291 g/mol. The van der Waals surface area contributed by atoms with Gasteiger partial charge in [-0.3, -0.25) is 4.72 Å². The first-order valence-electron chi connectivity index (χ1n) is 6.66. The van der Waals surface area contributed by atoms with Crippen molar-refractivity contribution in [3.63, 3.8) is 0 Å². The van der Waals surface area contributed by atoms with Gasteiger partial charge in [0, 0.05) is 6.54 Å². The second kappa shape index (κ2) is 5.46. The first-order chi connectivity index (χ1) is 10.1. The third-order valence-corrected chi connectivity index (χ3v) is 4.90. The van der Waals surface area contributed by atoms with Gasteiger partial charge in [-0.05, 0) is 54.4 Å². The number of anilines is 1. The van der Waals surface area contributed by atoms with E-state index in [4.69, 9.17) is 0 Å². The molecule has 0 spiro atoms. The third-order valence-electron chi connectivity index (χ3n) is 3.51. The lowest BCUT2D eigenvalue weighted by Crippen LogP contribution is -2.25. The fourth-order valence-corrected chi connectivity index (χ4v) is 3.52. The summed E-state index contributed by atoms with van der Waals surface area (Å²) in [6.07, 6.45) is 0.876. The van der Waals surface area contributed by atoms with Crippen LogP contribution in [0, 0.1) is 5.82 Å². The molecule has 0 atom stereocenters. The number of halogens is 1. The van der Waals surface area contributed by atoms with Crippen molar-refractivity contribution in [1.29, 1.82) is 0 Å². The summed E-state index contributed by atoms with van der Waals surface area (Å²) in [5.41, 5.74) is 2.69. The summed E-state index contributed by atoms with van der Waals surface area (Å²) in [5.74, 6) is -0.463. The van der Waals surface area contributed by atoms with Gasteiger partial charge in [0.1, 0.15) is 5.82 Å². The van der Waals surface area contributed by atoms with E-state index in [1.807, 2.05) is 12.1 Å². The quantitative estimate of drug-likeness (QED) is 0.914. The number of nitrogens with one attached hydrogen (secondary N) is 2. The van der Waals surface area contributed by atoms with Crippen LogP contribution >= 0.6 is 0 Å². The van der Waals surface area contributed by atoms with E-state index < -0.39 is 15.8 Å². The van der Waals surface area contributed by atoms with Crippen LogP contribution in [-0.2, 0) is 23.0 Å². The standard InChI is InChI=1S/C15H15FN2O2S/c16-12-4-6-13(7-5-12)21(19,20)18-15-3-1-2-11-8-9-17-10-14(11)15/h1-7,17-18H,8-10H2. The molecule has 0 aliphatic carbocycles. The molecule has 2 N–H and O–H groups in total. The zero-order chi connectivity index (χ0) is 14.9. The third kappa shape index (κ3) is 2.91. The Morgan fingerprint density at radius 3 is 2.62 bits per heavy atom. The van der Waals surface area contributed by atoms with Crippen molar-refractivity contribution < 1.29 is 12.8 Å². The molecule has 0 bridgehead atoms. The molecule has 0 aromatic heterocycles. The molecular formula is C15H15FN2O2S. The number of fused-ring (bicyclic) bond motifs is 1. The van der Waals surface area contributed by atoms with Crippen LogP contribution in [0.15, 0.2) is 47.4 Å². The van der Waals surface area contributed by atoms with Crippen molar-refractivity contribution in [2.75, 3.05) is 11.3 Å². The molecule has 1 aliphatic rings. The van der Waals surface area contributed by atoms with Gasteiger partial charge in [-0.1, -0.05) is 12.1 Å². The minimum atomic E-state index is -3.71. The lowest BCUT2D eigenvalue weighted by Gasteiger charge is -2.21. The summed E-state index contributed by atoms with van der Waals surface area (Å²) in [5, 5.41) is 3.23. The number of benzene rings is 2. The molecule has 0 amide bonds. The van der Waals surface area contributed by atoms with Crippen molar-refractivity contribution in [2.24, 2.45) is 0 Å². The molecule has 0 fully saturated rings. The molecule has 0 saturated heterocycles. The van der Waals surface area contributed by atoms with E-state index in [-0.39, 0.29) is 4.90 Å². The Balaban J connectivity index is 1.94. The normalized spacial score (nSPS) is 14.5. The minimum Gasteiger partial charge on any atom is -0.312 e. The number of rotatable bonds is 3. The molecule has 2 aromatic carbocycles. The summed E-state index contributed by atoms with van der Waals surface area (Å²) in [6.45, 7) is 1.53. The minimum absolute atomic E-state index is 0.0465. The molecule has 0 radical (unpaired) electrons. The Morgan fingerprint density at radius 1 is 1.10 bits per heavy atom. The first kappa shape index (κ1) is 14.0. The Morgan fingerprint density at radius 2 is 1.86 bits per heavy atom. The van der Waals surface area contributed by atoms with Gasteiger partial charge in [-0.25, -0.2) is 12.8 Å². The van der Waals surface area contributed by atoms with Crippen molar-refractivity contribution >= 4 is 15.7 Å². The van der Waals surface area contributed by atoms with Crippen LogP contribution in [0.3, 0.4) is 0 Å². The lowest BCUT2D eigenvalue weighted by molar-refractivity contribution is 0.599. The Bertz CT molecular complexity index is 758. The van der Waals surface area contributed by atoms with E-state index >= 15 is 0 Å². The molecule has 3 rings (SSSR count). The van der Waals surface area contributed by atoms with Gasteiger partial charge >= 0.3 is 0 Å². The van der Waals surface area contributed by atoms with E-state index in [9.17, 15) is 12.8 Å². The van der Waals surface area contributed by atoms with Crippen molar-refractivity contribution in [1.82, 2.24) is 5.32 Å². The van der Waals surface area contributed by atoms with Gasteiger partial charge in [0.05, 0.1) is 10.6 Å². The Hall–Kier alpha value is -1.92. The lowest BCUT2D eigenvalue weighted by atomic mass is 10.00. The molecule has 0 unspecified atom stereocenters. The van der Waals surface area contributed by atoms with Crippen LogP contribution in [0.5, 0.6) is 0 Å². The fourth-order valence-electron chi connectivity index (χ4n) is 2.43. The van der Waals surface area contributed by atoms with Crippen LogP contribution in [0.25, 0.3) is 0 Å². The van der Waals surface area contributed by atoms with Gasteiger partial charge in [0.15, 0.2) is 0 Å². The van der Waals surface area contributed by atoms with E-state index in [0.29, 0.717) is 12.2 Å². The highest BCUT2D eigenvalue weighted by molar-refractivity contribution is 7.92. The summed E-state index contributed by atoms with van der Waals surface area (Å²) in [6, 6.07) is 10.4. The number of hydrogen-bond donors (Lipinski definition) is 2. The van der Waals surface area contributed by atoms with Gasteiger partial charge in [0.2, 0.25) is 0 Å². The predicted octanol–water partition coefficient (Wildman–Crippen LogP) is 2.27. The molecule has 110 valence electrons. The van der Waals surface area contributed by atoms with Crippen LogP contribution in [0.4, 0.5) is 10.1 Å². The molecule has 21 heavy (non-hydrogen) atoms.